The van der Waals surface area contributed by atoms with Gasteiger partial charge in [-0.15, -0.1) is 0 Å². The molecule has 0 fully saturated rings. The van der Waals surface area contributed by atoms with E-state index in [2.05, 4.69) is 5.32 Å². The molecule has 1 N–H and O–H groups in total. The molecule has 0 spiro atoms. The van der Waals surface area contributed by atoms with E-state index in [1.807, 2.05) is 30.3 Å². The van der Waals surface area contributed by atoms with Gasteiger partial charge in [-0.2, -0.15) is 0 Å². The summed E-state index contributed by atoms with van der Waals surface area (Å²) in [6.45, 7) is -0.709. The maximum absolute atomic E-state index is 12.4. The molecule has 0 saturated carbocycles. The minimum absolute atomic E-state index is 0.299. The van der Waals surface area contributed by atoms with Crippen LogP contribution in [0.25, 0.3) is 10.8 Å². The minimum atomic E-state index is -0.685. The second kappa shape index (κ2) is 8.81. The Morgan fingerprint density at radius 2 is 1.61 bits per heavy atom. The van der Waals surface area contributed by atoms with Crippen molar-refractivity contribution in [1.29, 1.82) is 0 Å². The van der Waals surface area contributed by atoms with Crippen molar-refractivity contribution in [2.24, 2.45) is 0 Å². The number of ether oxygens (including phenoxy) is 2. The van der Waals surface area contributed by atoms with Crippen molar-refractivity contribution in [2.45, 2.75) is 0 Å². The molecule has 0 bridgehead atoms. The Hall–Kier alpha value is -3.67. The third kappa shape index (κ3) is 4.54. The summed E-state index contributed by atoms with van der Waals surface area (Å²) < 4.78 is 10.0. The second-order valence-electron chi connectivity index (χ2n) is 6.02. The summed E-state index contributed by atoms with van der Waals surface area (Å²) >= 11 is 0. The lowest BCUT2D eigenvalue weighted by atomic mass is 10.0. The van der Waals surface area contributed by atoms with Gasteiger partial charge in [0.05, 0.1) is 7.11 Å². The van der Waals surface area contributed by atoms with Gasteiger partial charge >= 0.3 is 5.97 Å². The highest BCUT2D eigenvalue weighted by Crippen LogP contribution is 2.19. The number of carbonyl (C=O) groups excluding carboxylic acids is 3. The number of nitrogens with one attached hydrogen (secondary N) is 1. The van der Waals surface area contributed by atoms with Gasteiger partial charge in [-0.05, 0) is 35.0 Å². The van der Waals surface area contributed by atoms with Crippen LogP contribution in [-0.4, -0.2) is 37.9 Å². The Bertz CT molecular complexity index is 1010. The lowest BCUT2D eigenvalue weighted by Gasteiger charge is -2.08. The van der Waals surface area contributed by atoms with Crippen LogP contribution >= 0.6 is 0 Å². The van der Waals surface area contributed by atoms with E-state index in [0.717, 1.165) is 10.8 Å². The van der Waals surface area contributed by atoms with Gasteiger partial charge in [-0.3, -0.25) is 14.4 Å². The first-order valence-corrected chi connectivity index (χ1v) is 8.67. The Balaban J connectivity index is 1.52. The van der Waals surface area contributed by atoms with Gasteiger partial charge in [0.1, 0.15) is 12.3 Å². The van der Waals surface area contributed by atoms with E-state index in [0.29, 0.717) is 16.9 Å². The molecule has 0 aliphatic rings. The fourth-order valence-corrected chi connectivity index (χ4v) is 2.74. The number of fused-ring (bicyclic) bond motifs is 1. The van der Waals surface area contributed by atoms with Crippen LogP contribution in [0.2, 0.25) is 0 Å². The summed E-state index contributed by atoms with van der Waals surface area (Å²) in [6, 6.07) is 19.4. The molecule has 6 nitrogen and oxygen atoms in total. The van der Waals surface area contributed by atoms with E-state index >= 15 is 0 Å². The molecule has 28 heavy (non-hydrogen) atoms. The molecule has 3 aromatic rings. The Labute approximate surface area is 162 Å². The number of amides is 1. The number of hydrogen-bond donors (Lipinski definition) is 1. The van der Waals surface area contributed by atoms with Crippen LogP contribution in [0.3, 0.4) is 0 Å². The smallest absolute Gasteiger partial charge is 0.325 e. The average Bonchev–Trinajstić information content (AvgIpc) is 2.75. The van der Waals surface area contributed by atoms with E-state index in [1.54, 1.807) is 36.4 Å². The van der Waals surface area contributed by atoms with Gasteiger partial charge in [0, 0.05) is 11.1 Å². The van der Waals surface area contributed by atoms with Crippen LogP contribution in [-0.2, 0) is 9.53 Å². The van der Waals surface area contributed by atoms with E-state index < -0.39 is 11.9 Å². The molecule has 142 valence electrons. The number of methoxy groups -OCH3 is 1. The lowest BCUT2D eigenvalue weighted by molar-refractivity contribution is -0.141. The first-order valence-electron chi connectivity index (χ1n) is 8.67. The largest absolute Gasteiger partial charge is 0.497 e. The topological polar surface area (TPSA) is 81.7 Å². The molecule has 0 aromatic heterocycles. The summed E-state index contributed by atoms with van der Waals surface area (Å²) in [5, 5.41) is 4.20. The summed E-state index contributed by atoms with van der Waals surface area (Å²) in [5.74, 6) is -0.773. The highest BCUT2D eigenvalue weighted by atomic mass is 16.5. The Morgan fingerprint density at radius 3 is 2.36 bits per heavy atom. The molecule has 0 radical (unpaired) electrons. The summed E-state index contributed by atoms with van der Waals surface area (Å²) in [6.07, 6.45) is 0. The normalized spacial score (nSPS) is 10.3. The number of hydrogen-bond acceptors (Lipinski definition) is 5. The molecule has 0 aliphatic carbocycles. The summed E-state index contributed by atoms with van der Waals surface area (Å²) in [7, 11) is 1.53. The molecule has 3 rings (SSSR count). The third-order valence-corrected chi connectivity index (χ3v) is 4.20. The average molecular weight is 377 g/mol. The van der Waals surface area contributed by atoms with Crippen LogP contribution in [0.5, 0.6) is 5.75 Å². The Kier molecular flexibility index (Phi) is 6.01. The van der Waals surface area contributed by atoms with Gasteiger partial charge < -0.3 is 14.8 Å². The first-order chi connectivity index (χ1) is 13.6. The molecule has 1 amide bonds. The van der Waals surface area contributed by atoms with E-state index in [1.165, 1.54) is 7.11 Å². The van der Waals surface area contributed by atoms with Gasteiger partial charge in [-0.25, -0.2) is 0 Å². The number of carbonyl (C=O) groups is 3. The third-order valence-electron chi connectivity index (χ3n) is 4.20. The number of benzene rings is 3. The van der Waals surface area contributed by atoms with Crippen molar-refractivity contribution >= 4 is 28.4 Å². The first kappa shape index (κ1) is 19.1. The summed E-state index contributed by atoms with van der Waals surface area (Å²) in [5.41, 5.74) is 0.883. The number of esters is 1. The Morgan fingerprint density at radius 1 is 0.893 bits per heavy atom. The highest BCUT2D eigenvalue weighted by molar-refractivity contribution is 6.09. The number of rotatable bonds is 7. The predicted molar refractivity (Wildman–Crippen MR) is 105 cm³/mol. The van der Waals surface area contributed by atoms with Crippen molar-refractivity contribution in [1.82, 2.24) is 5.32 Å². The van der Waals surface area contributed by atoms with E-state index in [4.69, 9.17) is 9.47 Å². The minimum Gasteiger partial charge on any atom is -0.497 e. The van der Waals surface area contributed by atoms with Gasteiger partial charge in [0.2, 0.25) is 5.78 Å². The highest BCUT2D eigenvalue weighted by Gasteiger charge is 2.14. The second-order valence-corrected chi connectivity index (χ2v) is 6.02. The molecule has 0 aliphatic heterocycles. The molecule has 0 heterocycles. The molecule has 3 aromatic carbocycles. The van der Waals surface area contributed by atoms with Crippen molar-refractivity contribution in [3.63, 3.8) is 0 Å². The van der Waals surface area contributed by atoms with E-state index in [9.17, 15) is 14.4 Å². The fraction of sp³-hybridized carbons (Fsp3) is 0.136. The van der Waals surface area contributed by atoms with Crippen molar-refractivity contribution < 1.29 is 23.9 Å². The van der Waals surface area contributed by atoms with Gasteiger partial charge in [-0.1, -0.05) is 42.5 Å². The standard InChI is InChI=1S/C22H19NO5/c1-27-17-11-9-16(10-12-17)22(26)23-13-21(25)28-14-20(24)19-8-4-6-15-5-2-3-7-18(15)19/h2-12H,13-14H2,1H3,(H,23,26). The zero-order chi connectivity index (χ0) is 19.9. The van der Waals surface area contributed by atoms with Gasteiger partial charge in [0.15, 0.2) is 6.61 Å². The van der Waals surface area contributed by atoms with Crippen molar-refractivity contribution in [2.75, 3.05) is 20.3 Å². The van der Waals surface area contributed by atoms with Crippen LogP contribution < -0.4 is 10.1 Å². The van der Waals surface area contributed by atoms with Gasteiger partial charge in [0.25, 0.3) is 5.91 Å². The molecular weight excluding hydrogens is 358 g/mol. The monoisotopic (exact) mass is 377 g/mol. The van der Waals surface area contributed by atoms with Crippen LogP contribution in [0.1, 0.15) is 20.7 Å². The number of ketones is 1. The summed E-state index contributed by atoms with van der Waals surface area (Å²) in [4.78, 5) is 36.3. The van der Waals surface area contributed by atoms with Crippen LogP contribution in [0, 0.1) is 0 Å². The predicted octanol–water partition coefficient (Wildman–Crippen LogP) is 3.00. The zero-order valence-electron chi connectivity index (χ0n) is 15.3. The fourth-order valence-electron chi connectivity index (χ4n) is 2.74. The zero-order valence-corrected chi connectivity index (χ0v) is 15.3. The van der Waals surface area contributed by atoms with Crippen molar-refractivity contribution in [3.8, 4) is 5.75 Å². The molecule has 0 unspecified atom stereocenters. The van der Waals surface area contributed by atoms with Crippen molar-refractivity contribution in [3.05, 3.63) is 77.9 Å². The quantitative estimate of drug-likeness (QED) is 0.506. The van der Waals surface area contributed by atoms with Crippen LogP contribution in [0.15, 0.2) is 66.7 Å². The lowest BCUT2D eigenvalue weighted by Crippen LogP contribution is -2.31. The molecular formula is C22H19NO5. The number of Topliss-reactive ketones (excluding diaryl/α,β-unsaturated/α-hetero) is 1. The SMILES string of the molecule is COc1ccc(C(=O)NCC(=O)OCC(=O)c2cccc3ccccc23)cc1. The van der Waals surface area contributed by atoms with Crippen LogP contribution in [0.4, 0.5) is 0 Å². The maximum Gasteiger partial charge on any atom is 0.325 e. The molecule has 6 heteroatoms. The van der Waals surface area contributed by atoms with E-state index in [-0.39, 0.29) is 18.9 Å². The maximum atomic E-state index is 12.4. The molecule has 0 saturated heterocycles. The molecule has 0 atom stereocenters.